The van der Waals surface area contributed by atoms with Crippen molar-refractivity contribution in [3.8, 4) is 16.3 Å². The monoisotopic (exact) mass is 450 g/mol. The van der Waals surface area contributed by atoms with Gasteiger partial charge < -0.3 is 14.8 Å². The fraction of sp³-hybridized carbons (Fsp3) is 0.0870. The number of rotatable bonds is 7. The molecule has 4 aromatic rings. The zero-order valence-corrected chi connectivity index (χ0v) is 18.1. The van der Waals surface area contributed by atoms with Crippen LogP contribution < -0.4 is 10.1 Å². The zero-order chi connectivity index (χ0) is 21.6. The number of thiophene rings is 1. The van der Waals surface area contributed by atoms with Gasteiger partial charge in [-0.1, -0.05) is 30.3 Å². The Morgan fingerprint density at radius 3 is 2.45 bits per heavy atom. The molecule has 0 aliphatic heterocycles. The summed E-state index contributed by atoms with van der Waals surface area (Å²) < 4.78 is 10.7. The van der Waals surface area contributed by atoms with Crippen molar-refractivity contribution in [2.75, 3.05) is 12.4 Å². The minimum absolute atomic E-state index is 0.171. The molecule has 0 fully saturated rings. The first-order valence-corrected chi connectivity index (χ1v) is 11.2. The third-order valence-electron chi connectivity index (χ3n) is 4.40. The average Bonchev–Trinajstić information content (AvgIpc) is 3.50. The number of methoxy groups -OCH3 is 1. The van der Waals surface area contributed by atoms with Crippen LogP contribution in [0.5, 0.6) is 5.75 Å². The Balaban J connectivity index is 1.53. The first-order chi connectivity index (χ1) is 15.1. The summed E-state index contributed by atoms with van der Waals surface area (Å²) in [7, 11) is 1.57. The number of aromatic nitrogens is 1. The Hall–Kier alpha value is -3.49. The molecule has 156 valence electrons. The summed E-state index contributed by atoms with van der Waals surface area (Å²) in [5, 5.41) is 9.06. The highest BCUT2D eigenvalue weighted by molar-refractivity contribution is 7.14. The van der Waals surface area contributed by atoms with Crippen LogP contribution in [-0.4, -0.2) is 24.0 Å². The Morgan fingerprint density at radius 1 is 1.00 bits per heavy atom. The number of nitrogens with zero attached hydrogens (tertiary/aromatic N) is 1. The molecule has 0 radical (unpaired) electrons. The molecular formula is C23H18N2O4S2. The van der Waals surface area contributed by atoms with Crippen LogP contribution in [0.4, 0.5) is 5.69 Å². The van der Waals surface area contributed by atoms with Gasteiger partial charge in [0.15, 0.2) is 5.69 Å². The minimum Gasteiger partial charge on any atom is -0.497 e. The molecule has 8 heteroatoms. The Labute approximate surface area is 187 Å². The third-order valence-corrected chi connectivity index (χ3v) is 5.98. The van der Waals surface area contributed by atoms with Gasteiger partial charge >= 0.3 is 5.97 Å². The van der Waals surface area contributed by atoms with Gasteiger partial charge in [0.2, 0.25) is 6.10 Å². The van der Waals surface area contributed by atoms with Crippen LogP contribution in [0.25, 0.3) is 10.6 Å². The molecule has 1 amide bonds. The van der Waals surface area contributed by atoms with Crippen LogP contribution in [0.2, 0.25) is 0 Å². The highest BCUT2D eigenvalue weighted by Gasteiger charge is 2.27. The van der Waals surface area contributed by atoms with E-state index in [9.17, 15) is 9.59 Å². The molecule has 1 atom stereocenters. The van der Waals surface area contributed by atoms with Crippen molar-refractivity contribution in [1.82, 2.24) is 4.98 Å². The zero-order valence-electron chi connectivity index (χ0n) is 16.5. The molecule has 1 unspecified atom stereocenters. The standard InChI is InChI=1S/C23H18N2O4S2/c1-28-18-9-7-17(8-10-18)24-21(26)20(15-5-3-2-4-6-15)29-23(27)19-14-31-22(25-19)16-11-12-30-13-16/h2-14,20H,1H3,(H,24,26). The van der Waals surface area contributed by atoms with E-state index >= 15 is 0 Å². The molecule has 0 aliphatic carbocycles. The van der Waals surface area contributed by atoms with E-state index in [1.807, 2.05) is 22.9 Å². The highest BCUT2D eigenvalue weighted by Crippen LogP contribution is 2.27. The average molecular weight is 451 g/mol. The number of carbonyl (C=O) groups is 2. The lowest BCUT2D eigenvalue weighted by molar-refractivity contribution is -0.125. The van der Waals surface area contributed by atoms with Gasteiger partial charge in [-0.3, -0.25) is 4.79 Å². The molecule has 4 rings (SSSR count). The van der Waals surface area contributed by atoms with Crippen molar-refractivity contribution >= 4 is 40.2 Å². The molecule has 1 N–H and O–H groups in total. The van der Waals surface area contributed by atoms with E-state index in [-0.39, 0.29) is 5.69 Å². The van der Waals surface area contributed by atoms with Crippen LogP contribution in [0, 0.1) is 0 Å². The number of benzene rings is 2. The molecule has 2 aromatic heterocycles. The number of thiazole rings is 1. The van der Waals surface area contributed by atoms with Gasteiger partial charge in [-0.25, -0.2) is 9.78 Å². The highest BCUT2D eigenvalue weighted by atomic mass is 32.1. The van der Waals surface area contributed by atoms with Gasteiger partial charge in [-0.15, -0.1) is 11.3 Å². The number of hydrogen-bond acceptors (Lipinski definition) is 7. The summed E-state index contributed by atoms with van der Waals surface area (Å²) in [6, 6.07) is 17.7. The van der Waals surface area contributed by atoms with E-state index in [1.54, 1.807) is 72.4 Å². The molecule has 31 heavy (non-hydrogen) atoms. The number of amides is 1. The summed E-state index contributed by atoms with van der Waals surface area (Å²) in [6.07, 6.45) is -1.12. The molecular weight excluding hydrogens is 432 g/mol. The number of anilines is 1. The van der Waals surface area contributed by atoms with Crippen LogP contribution in [-0.2, 0) is 9.53 Å². The van der Waals surface area contributed by atoms with E-state index in [1.165, 1.54) is 11.3 Å². The molecule has 0 saturated heterocycles. The largest absolute Gasteiger partial charge is 0.497 e. The summed E-state index contributed by atoms with van der Waals surface area (Å²) in [5.74, 6) is -0.441. The Bertz CT molecular complexity index is 1160. The van der Waals surface area contributed by atoms with Gasteiger partial charge in [0.05, 0.1) is 7.11 Å². The maximum atomic E-state index is 13.0. The van der Waals surface area contributed by atoms with Gasteiger partial charge in [0, 0.05) is 27.6 Å². The summed E-state index contributed by atoms with van der Waals surface area (Å²) in [6.45, 7) is 0. The molecule has 0 bridgehead atoms. The predicted molar refractivity (Wildman–Crippen MR) is 122 cm³/mol. The lowest BCUT2D eigenvalue weighted by Gasteiger charge is -2.17. The number of nitrogens with one attached hydrogen (secondary N) is 1. The van der Waals surface area contributed by atoms with Crippen LogP contribution in [0.15, 0.2) is 76.8 Å². The number of ether oxygens (including phenoxy) is 2. The van der Waals surface area contributed by atoms with E-state index in [0.29, 0.717) is 17.0 Å². The summed E-state index contributed by atoms with van der Waals surface area (Å²) in [5.41, 5.74) is 2.25. The number of hydrogen-bond donors (Lipinski definition) is 1. The first-order valence-electron chi connectivity index (χ1n) is 9.33. The van der Waals surface area contributed by atoms with Crippen molar-refractivity contribution in [3.63, 3.8) is 0 Å². The predicted octanol–water partition coefficient (Wildman–Crippen LogP) is 5.42. The minimum atomic E-state index is -1.12. The molecule has 2 heterocycles. The van der Waals surface area contributed by atoms with Crippen molar-refractivity contribution < 1.29 is 19.1 Å². The second kappa shape index (κ2) is 9.55. The second-order valence-electron chi connectivity index (χ2n) is 6.46. The molecule has 6 nitrogen and oxygen atoms in total. The molecule has 2 aromatic carbocycles. The van der Waals surface area contributed by atoms with Gasteiger partial charge in [-0.05, 0) is 35.7 Å². The molecule has 0 spiro atoms. The SMILES string of the molecule is COc1ccc(NC(=O)C(OC(=O)c2csc(-c3ccsc3)n2)c2ccccc2)cc1. The second-order valence-corrected chi connectivity index (χ2v) is 8.10. The lowest BCUT2D eigenvalue weighted by Crippen LogP contribution is -2.26. The van der Waals surface area contributed by atoms with Gasteiger partial charge in [0.25, 0.3) is 5.91 Å². The lowest BCUT2D eigenvalue weighted by atomic mass is 10.1. The fourth-order valence-electron chi connectivity index (χ4n) is 2.84. The van der Waals surface area contributed by atoms with Crippen molar-refractivity contribution in [3.05, 3.63) is 88.1 Å². The van der Waals surface area contributed by atoms with E-state index in [0.717, 1.165) is 10.6 Å². The topological polar surface area (TPSA) is 77.5 Å². The number of esters is 1. The Morgan fingerprint density at radius 2 is 1.77 bits per heavy atom. The summed E-state index contributed by atoms with van der Waals surface area (Å²) >= 11 is 2.91. The van der Waals surface area contributed by atoms with E-state index in [2.05, 4.69) is 10.3 Å². The summed E-state index contributed by atoms with van der Waals surface area (Å²) in [4.78, 5) is 30.1. The van der Waals surface area contributed by atoms with Gasteiger partial charge in [-0.2, -0.15) is 11.3 Å². The smallest absolute Gasteiger partial charge is 0.358 e. The van der Waals surface area contributed by atoms with Crippen LogP contribution >= 0.6 is 22.7 Å². The fourth-order valence-corrected chi connectivity index (χ4v) is 4.34. The molecule has 0 aliphatic rings. The van der Waals surface area contributed by atoms with Gasteiger partial charge in [0.1, 0.15) is 10.8 Å². The normalized spacial score (nSPS) is 11.5. The van der Waals surface area contributed by atoms with E-state index in [4.69, 9.17) is 9.47 Å². The van der Waals surface area contributed by atoms with E-state index < -0.39 is 18.0 Å². The third kappa shape index (κ3) is 4.99. The van der Waals surface area contributed by atoms with Crippen molar-refractivity contribution in [1.29, 1.82) is 0 Å². The Kier molecular flexibility index (Phi) is 6.40. The first kappa shape index (κ1) is 20.8. The quantitative estimate of drug-likeness (QED) is 0.381. The van der Waals surface area contributed by atoms with Crippen molar-refractivity contribution in [2.24, 2.45) is 0 Å². The van der Waals surface area contributed by atoms with Crippen LogP contribution in [0.1, 0.15) is 22.2 Å². The maximum Gasteiger partial charge on any atom is 0.358 e. The maximum absolute atomic E-state index is 13.0. The van der Waals surface area contributed by atoms with Crippen LogP contribution in [0.3, 0.4) is 0 Å². The number of carbonyl (C=O) groups excluding carboxylic acids is 2. The van der Waals surface area contributed by atoms with Crippen molar-refractivity contribution in [2.45, 2.75) is 6.10 Å². The molecule has 0 saturated carbocycles.